The van der Waals surface area contributed by atoms with Crippen molar-refractivity contribution in [3.63, 3.8) is 0 Å². The van der Waals surface area contributed by atoms with Crippen LogP contribution in [0.4, 0.5) is 0 Å². The fraction of sp³-hybridized carbons (Fsp3) is 0.417. The van der Waals surface area contributed by atoms with Crippen LogP contribution in [0.3, 0.4) is 0 Å². The van der Waals surface area contributed by atoms with Crippen molar-refractivity contribution in [2.75, 3.05) is 13.2 Å². The summed E-state index contributed by atoms with van der Waals surface area (Å²) < 4.78 is 12.4. The lowest BCUT2D eigenvalue weighted by Gasteiger charge is -2.25. The molecule has 0 aromatic carbocycles. The smallest absolute Gasteiger partial charge is 0.290 e. The Morgan fingerprint density at radius 3 is 3.21 bits per heavy atom. The van der Waals surface area contributed by atoms with Crippen LogP contribution >= 0.6 is 0 Å². The molecule has 3 rings (SSSR count). The molecule has 19 heavy (non-hydrogen) atoms. The van der Waals surface area contributed by atoms with Gasteiger partial charge in [-0.3, -0.25) is 4.79 Å². The number of nitrogens with zero attached hydrogens (tertiary/aromatic N) is 4. The summed E-state index contributed by atoms with van der Waals surface area (Å²) in [7, 11) is 0. The molecule has 0 saturated heterocycles. The lowest BCUT2D eigenvalue weighted by atomic mass is 10.3. The maximum absolute atomic E-state index is 12.3. The summed E-state index contributed by atoms with van der Waals surface area (Å²) in [6, 6.07) is 3.29. The average Bonchev–Trinajstić information content (AvgIpc) is 3.05. The molecule has 0 aliphatic carbocycles. The Morgan fingerprint density at radius 2 is 2.37 bits per heavy atom. The molecule has 100 valence electrons. The Balaban J connectivity index is 1.74. The highest BCUT2D eigenvalue weighted by molar-refractivity contribution is 5.91. The van der Waals surface area contributed by atoms with Gasteiger partial charge in [-0.25, -0.2) is 9.67 Å². The van der Waals surface area contributed by atoms with Crippen molar-refractivity contribution in [2.24, 2.45) is 0 Å². The lowest BCUT2D eigenvalue weighted by Crippen LogP contribution is -2.38. The minimum Gasteiger partial charge on any atom is -0.465 e. The van der Waals surface area contributed by atoms with Crippen molar-refractivity contribution in [1.29, 1.82) is 0 Å². The van der Waals surface area contributed by atoms with Gasteiger partial charge in [0.2, 0.25) is 0 Å². The molecule has 3 heterocycles. The van der Waals surface area contributed by atoms with Crippen LogP contribution in [0.5, 0.6) is 5.95 Å². The first-order valence-corrected chi connectivity index (χ1v) is 6.16. The van der Waals surface area contributed by atoms with Gasteiger partial charge in [0, 0.05) is 12.6 Å². The molecule has 0 N–H and O–H groups in total. The third-order valence-corrected chi connectivity index (χ3v) is 2.98. The van der Waals surface area contributed by atoms with Crippen molar-refractivity contribution in [2.45, 2.75) is 20.0 Å². The van der Waals surface area contributed by atoms with E-state index in [1.807, 2.05) is 6.92 Å². The van der Waals surface area contributed by atoms with Crippen LogP contribution in [-0.2, 0) is 13.1 Å². The zero-order chi connectivity index (χ0) is 13.2. The van der Waals surface area contributed by atoms with Gasteiger partial charge in [0.25, 0.3) is 11.9 Å². The molecule has 0 unspecified atom stereocenters. The van der Waals surface area contributed by atoms with Crippen LogP contribution in [-0.4, -0.2) is 38.7 Å². The van der Waals surface area contributed by atoms with Gasteiger partial charge >= 0.3 is 0 Å². The van der Waals surface area contributed by atoms with Gasteiger partial charge in [0.05, 0.1) is 19.7 Å². The highest BCUT2D eigenvalue weighted by atomic mass is 16.6. The van der Waals surface area contributed by atoms with Crippen molar-refractivity contribution in [3.8, 4) is 5.95 Å². The molecule has 0 spiro atoms. The average molecular weight is 262 g/mol. The third kappa shape index (κ3) is 2.18. The van der Waals surface area contributed by atoms with Gasteiger partial charge in [0.1, 0.15) is 12.2 Å². The molecule has 2 aromatic heterocycles. The van der Waals surface area contributed by atoms with Crippen molar-refractivity contribution >= 4 is 5.91 Å². The predicted octanol–water partition coefficient (Wildman–Crippen LogP) is 0.926. The number of hydrogen-bond donors (Lipinski definition) is 0. The molecule has 7 nitrogen and oxygen atoms in total. The van der Waals surface area contributed by atoms with Gasteiger partial charge in [-0.2, -0.15) is 5.10 Å². The zero-order valence-electron chi connectivity index (χ0n) is 10.6. The number of carbonyl (C=O) groups excluding carboxylic acids is 1. The first kappa shape index (κ1) is 11.8. The van der Waals surface area contributed by atoms with Gasteiger partial charge in [-0.05, 0) is 13.0 Å². The number of carbonyl (C=O) groups is 1. The van der Waals surface area contributed by atoms with Crippen LogP contribution in [0.15, 0.2) is 22.9 Å². The first-order chi connectivity index (χ1) is 9.28. The van der Waals surface area contributed by atoms with E-state index < -0.39 is 0 Å². The van der Waals surface area contributed by atoms with E-state index in [1.165, 1.54) is 6.33 Å². The number of amides is 1. The first-order valence-electron chi connectivity index (χ1n) is 6.16. The quantitative estimate of drug-likeness (QED) is 0.822. The number of rotatable bonds is 3. The molecule has 0 saturated carbocycles. The van der Waals surface area contributed by atoms with Crippen LogP contribution in [0.1, 0.15) is 23.3 Å². The van der Waals surface area contributed by atoms with E-state index in [0.29, 0.717) is 32.2 Å². The highest BCUT2D eigenvalue weighted by Gasteiger charge is 2.25. The lowest BCUT2D eigenvalue weighted by molar-refractivity contribution is 0.0662. The fourth-order valence-corrected chi connectivity index (χ4v) is 2.05. The summed E-state index contributed by atoms with van der Waals surface area (Å²) in [5, 5.41) is 4.08. The molecular formula is C12H14N4O3. The van der Waals surface area contributed by atoms with Crippen molar-refractivity contribution in [1.82, 2.24) is 19.7 Å². The van der Waals surface area contributed by atoms with Crippen LogP contribution in [0, 0.1) is 0 Å². The number of aromatic nitrogens is 3. The van der Waals surface area contributed by atoms with E-state index in [9.17, 15) is 4.79 Å². The molecule has 7 heteroatoms. The Hall–Kier alpha value is -2.31. The van der Waals surface area contributed by atoms with Crippen molar-refractivity contribution < 1.29 is 13.9 Å². The largest absolute Gasteiger partial charge is 0.465 e. The summed E-state index contributed by atoms with van der Waals surface area (Å²) in [6.45, 7) is 4.07. The monoisotopic (exact) mass is 262 g/mol. The third-order valence-electron chi connectivity index (χ3n) is 2.98. The Bertz CT molecular complexity index is 589. The maximum atomic E-state index is 12.3. The minimum absolute atomic E-state index is 0.153. The standard InChI is InChI=1S/C12H14N4O3/c1-2-18-11-4-3-9(19-11)12(17)15-5-6-16-10(7-15)13-8-14-16/h3-4,8H,2,5-7H2,1H3. The van der Waals surface area contributed by atoms with E-state index in [2.05, 4.69) is 10.1 Å². The van der Waals surface area contributed by atoms with Gasteiger partial charge < -0.3 is 14.1 Å². The predicted molar refractivity (Wildman–Crippen MR) is 64.6 cm³/mol. The van der Waals surface area contributed by atoms with Crippen LogP contribution in [0.25, 0.3) is 0 Å². The molecule has 1 amide bonds. The second-order valence-electron chi connectivity index (χ2n) is 4.18. The molecule has 0 radical (unpaired) electrons. The Labute approximate surface area is 109 Å². The zero-order valence-corrected chi connectivity index (χ0v) is 10.6. The molecule has 1 aliphatic heterocycles. The van der Waals surface area contributed by atoms with E-state index in [1.54, 1.807) is 21.7 Å². The van der Waals surface area contributed by atoms with E-state index in [-0.39, 0.29) is 11.7 Å². The number of ether oxygens (including phenoxy) is 1. The number of hydrogen-bond acceptors (Lipinski definition) is 5. The number of furan rings is 1. The SMILES string of the molecule is CCOc1ccc(C(=O)N2CCn3ncnc3C2)o1. The van der Waals surface area contributed by atoms with Gasteiger partial charge in [-0.1, -0.05) is 0 Å². The molecule has 2 aromatic rings. The molecule has 1 aliphatic rings. The van der Waals surface area contributed by atoms with Gasteiger partial charge in [-0.15, -0.1) is 0 Å². The van der Waals surface area contributed by atoms with E-state index in [4.69, 9.17) is 9.15 Å². The second-order valence-corrected chi connectivity index (χ2v) is 4.18. The van der Waals surface area contributed by atoms with Crippen LogP contribution < -0.4 is 4.74 Å². The van der Waals surface area contributed by atoms with Gasteiger partial charge in [0.15, 0.2) is 5.76 Å². The number of fused-ring (bicyclic) bond motifs is 1. The van der Waals surface area contributed by atoms with E-state index in [0.717, 1.165) is 5.82 Å². The van der Waals surface area contributed by atoms with Crippen molar-refractivity contribution in [3.05, 3.63) is 30.0 Å². The van der Waals surface area contributed by atoms with Crippen LogP contribution in [0.2, 0.25) is 0 Å². The summed E-state index contributed by atoms with van der Waals surface area (Å²) in [5.74, 6) is 1.29. The molecule has 0 atom stereocenters. The minimum atomic E-state index is -0.153. The Morgan fingerprint density at radius 1 is 1.47 bits per heavy atom. The molecule has 0 fully saturated rings. The summed E-state index contributed by atoms with van der Waals surface area (Å²) >= 11 is 0. The molecule has 0 bridgehead atoms. The Kier molecular flexibility index (Phi) is 2.94. The highest BCUT2D eigenvalue weighted by Crippen LogP contribution is 2.19. The second kappa shape index (κ2) is 4.75. The maximum Gasteiger partial charge on any atom is 0.290 e. The topological polar surface area (TPSA) is 73.4 Å². The van der Waals surface area contributed by atoms with E-state index >= 15 is 0 Å². The summed E-state index contributed by atoms with van der Waals surface area (Å²) in [5.41, 5.74) is 0. The summed E-state index contributed by atoms with van der Waals surface area (Å²) in [4.78, 5) is 18.1. The summed E-state index contributed by atoms with van der Waals surface area (Å²) in [6.07, 6.45) is 1.50. The molecular weight excluding hydrogens is 248 g/mol. The fourth-order valence-electron chi connectivity index (χ4n) is 2.05. The normalized spacial score (nSPS) is 14.3.